The van der Waals surface area contributed by atoms with Gasteiger partial charge < -0.3 is 10.2 Å². The molecule has 150 valence electrons. The number of amides is 2. The number of aryl methyl sites for hydroxylation is 1. The molecule has 0 saturated carbocycles. The molecular formula is C21H24Cl2N2O2S. The summed E-state index contributed by atoms with van der Waals surface area (Å²) in [6.45, 7) is 4.00. The maximum Gasteiger partial charge on any atom is 0.242 e. The van der Waals surface area contributed by atoms with Crippen molar-refractivity contribution in [2.75, 3.05) is 12.8 Å². The number of carbonyl (C=O) groups excluding carboxylic acids is 2. The molecule has 0 saturated heterocycles. The third kappa shape index (κ3) is 6.43. The van der Waals surface area contributed by atoms with Gasteiger partial charge in [-0.25, -0.2) is 0 Å². The van der Waals surface area contributed by atoms with Gasteiger partial charge in [0.1, 0.15) is 6.04 Å². The lowest BCUT2D eigenvalue weighted by molar-refractivity contribution is -0.138. The molecule has 28 heavy (non-hydrogen) atoms. The fourth-order valence-corrected chi connectivity index (χ4v) is 4.09. The van der Waals surface area contributed by atoms with Crippen molar-refractivity contribution in [3.05, 3.63) is 69.2 Å². The molecule has 1 N–H and O–H groups in total. The highest BCUT2D eigenvalue weighted by Crippen LogP contribution is 2.24. The summed E-state index contributed by atoms with van der Waals surface area (Å²) in [5, 5.41) is 3.61. The van der Waals surface area contributed by atoms with Crippen LogP contribution in [0.1, 0.15) is 23.6 Å². The van der Waals surface area contributed by atoms with Crippen molar-refractivity contribution >= 4 is 46.8 Å². The molecule has 4 nitrogen and oxygen atoms in total. The Hall–Kier alpha value is -1.69. The highest BCUT2D eigenvalue weighted by molar-refractivity contribution is 7.99. The largest absolute Gasteiger partial charge is 0.357 e. The maximum absolute atomic E-state index is 12.9. The molecule has 0 bridgehead atoms. The zero-order valence-electron chi connectivity index (χ0n) is 16.2. The second-order valence-electron chi connectivity index (χ2n) is 6.53. The van der Waals surface area contributed by atoms with Crippen LogP contribution in [0.5, 0.6) is 0 Å². The molecule has 1 atom stereocenters. The maximum atomic E-state index is 12.9. The fraction of sp³-hybridized carbons (Fsp3) is 0.333. The Balaban J connectivity index is 2.09. The number of rotatable bonds is 8. The third-order valence-corrected chi connectivity index (χ3v) is 5.92. The van der Waals surface area contributed by atoms with Gasteiger partial charge in [-0.15, -0.1) is 11.8 Å². The van der Waals surface area contributed by atoms with Crippen LogP contribution < -0.4 is 5.32 Å². The van der Waals surface area contributed by atoms with Gasteiger partial charge >= 0.3 is 0 Å². The number of nitrogens with one attached hydrogen (secondary N) is 1. The minimum absolute atomic E-state index is 0.111. The second kappa shape index (κ2) is 10.7. The first-order valence-corrected chi connectivity index (χ1v) is 10.8. The van der Waals surface area contributed by atoms with Crippen LogP contribution in [0.2, 0.25) is 10.0 Å². The number of benzene rings is 2. The first-order valence-electron chi connectivity index (χ1n) is 8.90. The summed E-state index contributed by atoms with van der Waals surface area (Å²) >= 11 is 13.8. The molecule has 0 heterocycles. The van der Waals surface area contributed by atoms with Crippen molar-refractivity contribution < 1.29 is 9.59 Å². The predicted molar refractivity (Wildman–Crippen MR) is 118 cm³/mol. The van der Waals surface area contributed by atoms with Crippen molar-refractivity contribution in [1.29, 1.82) is 0 Å². The summed E-state index contributed by atoms with van der Waals surface area (Å²) in [6.07, 6.45) is 0. The summed E-state index contributed by atoms with van der Waals surface area (Å²) in [7, 11) is 1.56. The van der Waals surface area contributed by atoms with Crippen LogP contribution in [0.15, 0.2) is 42.5 Å². The molecule has 2 aromatic rings. The molecule has 0 aliphatic carbocycles. The van der Waals surface area contributed by atoms with Gasteiger partial charge in [-0.1, -0.05) is 59.1 Å². The smallest absolute Gasteiger partial charge is 0.242 e. The highest BCUT2D eigenvalue weighted by Gasteiger charge is 2.26. The lowest BCUT2D eigenvalue weighted by Gasteiger charge is -2.28. The van der Waals surface area contributed by atoms with Crippen LogP contribution in [0, 0.1) is 6.92 Å². The van der Waals surface area contributed by atoms with Gasteiger partial charge in [0.2, 0.25) is 11.8 Å². The second-order valence-corrected chi connectivity index (χ2v) is 8.36. The van der Waals surface area contributed by atoms with Crippen LogP contribution >= 0.6 is 35.0 Å². The van der Waals surface area contributed by atoms with E-state index < -0.39 is 6.04 Å². The van der Waals surface area contributed by atoms with Crippen LogP contribution in [-0.2, 0) is 21.9 Å². The standard InChI is InChI=1S/C21H24Cl2N2O2S/c1-14-5-4-6-16(9-14)12-28-13-20(26)25(15(2)21(27)24-3)11-17-7-8-18(22)10-19(17)23/h4-10,15H,11-13H2,1-3H3,(H,24,27)/t15-/m1/s1. The quantitative estimate of drug-likeness (QED) is 0.649. The van der Waals surface area contributed by atoms with Crippen molar-refractivity contribution in [2.45, 2.75) is 32.2 Å². The van der Waals surface area contributed by atoms with Crippen molar-refractivity contribution in [3.63, 3.8) is 0 Å². The van der Waals surface area contributed by atoms with Gasteiger partial charge in [-0.05, 0) is 37.1 Å². The third-order valence-electron chi connectivity index (χ3n) is 4.35. The van der Waals surface area contributed by atoms with E-state index in [1.165, 1.54) is 22.9 Å². The Bertz CT molecular complexity index is 845. The van der Waals surface area contributed by atoms with E-state index in [-0.39, 0.29) is 24.1 Å². The monoisotopic (exact) mass is 438 g/mol. The molecule has 0 aromatic heterocycles. The predicted octanol–water partition coefficient (Wildman–Crippen LogP) is 4.70. The molecule has 0 unspecified atom stereocenters. The lowest BCUT2D eigenvalue weighted by atomic mass is 10.1. The Kier molecular flexibility index (Phi) is 8.67. The lowest BCUT2D eigenvalue weighted by Crippen LogP contribution is -2.47. The molecule has 0 fully saturated rings. The summed E-state index contributed by atoms with van der Waals surface area (Å²) in [6, 6.07) is 12.7. The number of carbonyl (C=O) groups is 2. The van der Waals surface area contributed by atoms with Crippen molar-refractivity contribution in [1.82, 2.24) is 10.2 Å². The summed E-state index contributed by atoms with van der Waals surface area (Å²) in [4.78, 5) is 26.6. The highest BCUT2D eigenvalue weighted by atomic mass is 35.5. The first kappa shape index (κ1) is 22.6. The van der Waals surface area contributed by atoms with Crippen molar-refractivity contribution in [3.8, 4) is 0 Å². The van der Waals surface area contributed by atoms with E-state index in [1.807, 2.05) is 25.1 Å². The van der Waals surface area contributed by atoms with E-state index in [2.05, 4.69) is 11.4 Å². The van der Waals surface area contributed by atoms with E-state index in [0.717, 1.165) is 11.3 Å². The first-order chi connectivity index (χ1) is 13.3. The van der Waals surface area contributed by atoms with E-state index in [4.69, 9.17) is 23.2 Å². The van der Waals surface area contributed by atoms with E-state index in [9.17, 15) is 9.59 Å². The molecule has 2 rings (SSSR count). The number of likely N-dealkylation sites (N-methyl/N-ethyl adjacent to an activating group) is 1. The van der Waals surface area contributed by atoms with Gasteiger partial charge in [0.05, 0.1) is 5.75 Å². The van der Waals surface area contributed by atoms with Crippen LogP contribution in [0.3, 0.4) is 0 Å². The normalized spacial score (nSPS) is 11.8. The Labute approximate surface area is 180 Å². The van der Waals surface area contributed by atoms with E-state index >= 15 is 0 Å². The topological polar surface area (TPSA) is 49.4 Å². The molecule has 0 aliphatic rings. The van der Waals surface area contributed by atoms with Crippen LogP contribution in [-0.4, -0.2) is 35.6 Å². The Morgan fingerprint density at radius 2 is 1.93 bits per heavy atom. The molecular weight excluding hydrogens is 415 g/mol. The fourth-order valence-electron chi connectivity index (χ4n) is 2.77. The summed E-state index contributed by atoms with van der Waals surface area (Å²) in [5.41, 5.74) is 3.11. The average Bonchev–Trinajstić information content (AvgIpc) is 2.66. The molecule has 2 aromatic carbocycles. The van der Waals surface area contributed by atoms with Gasteiger partial charge in [0.25, 0.3) is 0 Å². The van der Waals surface area contributed by atoms with Gasteiger partial charge in [-0.2, -0.15) is 0 Å². The molecule has 0 aliphatic heterocycles. The van der Waals surface area contributed by atoms with Crippen molar-refractivity contribution in [2.24, 2.45) is 0 Å². The zero-order valence-corrected chi connectivity index (χ0v) is 18.5. The number of halogens is 2. The average molecular weight is 439 g/mol. The SMILES string of the molecule is CNC(=O)[C@@H](C)N(Cc1ccc(Cl)cc1Cl)C(=O)CSCc1cccc(C)c1. The zero-order chi connectivity index (χ0) is 20.7. The van der Waals surface area contributed by atoms with Gasteiger partial charge in [0.15, 0.2) is 0 Å². The molecule has 0 spiro atoms. The summed E-state index contributed by atoms with van der Waals surface area (Å²) < 4.78 is 0. The van der Waals surface area contributed by atoms with Crippen LogP contribution in [0.25, 0.3) is 0 Å². The van der Waals surface area contributed by atoms with Crippen LogP contribution in [0.4, 0.5) is 0 Å². The number of hydrogen-bond donors (Lipinski definition) is 1. The minimum Gasteiger partial charge on any atom is -0.357 e. The van der Waals surface area contributed by atoms with Gasteiger partial charge in [0, 0.05) is 29.4 Å². The van der Waals surface area contributed by atoms with E-state index in [0.29, 0.717) is 10.0 Å². The Morgan fingerprint density at radius 3 is 2.57 bits per heavy atom. The molecule has 0 radical (unpaired) electrons. The summed E-state index contributed by atoms with van der Waals surface area (Å²) in [5.74, 6) is 0.680. The molecule has 7 heteroatoms. The molecule has 2 amide bonds. The van der Waals surface area contributed by atoms with Gasteiger partial charge in [-0.3, -0.25) is 9.59 Å². The number of thioether (sulfide) groups is 1. The number of nitrogens with zero attached hydrogens (tertiary/aromatic N) is 1. The number of hydrogen-bond acceptors (Lipinski definition) is 3. The minimum atomic E-state index is -0.608. The Morgan fingerprint density at radius 1 is 1.18 bits per heavy atom. The van der Waals surface area contributed by atoms with E-state index in [1.54, 1.807) is 37.1 Å².